The highest BCUT2D eigenvalue weighted by atomic mass is 35.5. The summed E-state index contributed by atoms with van der Waals surface area (Å²) in [7, 11) is 2.15. The quantitative estimate of drug-likeness (QED) is 0.874. The van der Waals surface area contributed by atoms with E-state index >= 15 is 0 Å². The number of benzene rings is 1. The van der Waals surface area contributed by atoms with Crippen LogP contribution in [0.5, 0.6) is 0 Å². The molecule has 0 saturated carbocycles. The standard InChI is InChI=1S/C13H19ClN2O/c1-15-6-3-7-16(9-8-15)13-5-2-4-12(14)11(13)10-17/h2,4-5,17H,3,6-10H2,1H3. The molecule has 1 saturated heterocycles. The van der Waals surface area contributed by atoms with E-state index < -0.39 is 0 Å². The van der Waals surface area contributed by atoms with E-state index in [1.54, 1.807) is 0 Å². The second-order valence-corrected chi connectivity index (χ2v) is 4.95. The first kappa shape index (κ1) is 12.7. The van der Waals surface area contributed by atoms with Gasteiger partial charge in [-0.3, -0.25) is 0 Å². The lowest BCUT2D eigenvalue weighted by molar-refractivity contribution is 0.282. The lowest BCUT2D eigenvalue weighted by Crippen LogP contribution is -2.29. The molecule has 4 heteroatoms. The summed E-state index contributed by atoms with van der Waals surface area (Å²) >= 11 is 6.12. The van der Waals surface area contributed by atoms with Crippen molar-refractivity contribution in [3.63, 3.8) is 0 Å². The lowest BCUT2D eigenvalue weighted by Gasteiger charge is -2.25. The first-order valence-electron chi connectivity index (χ1n) is 6.04. The number of hydrogen-bond acceptors (Lipinski definition) is 3. The highest BCUT2D eigenvalue weighted by molar-refractivity contribution is 6.31. The summed E-state index contributed by atoms with van der Waals surface area (Å²) < 4.78 is 0. The molecule has 0 amide bonds. The molecular formula is C13H19ClN2O. The van der Waals surface area contributed by atoms with Crippen LogP contribution in [0.15, 0.2) is 18.2 Å². The normalized spacial score (nSPS) is 18.2. The zero-order valence-electron chi connectivity index (χ0n) is 10.2. The Labute approximate surface area is 108 Å². The van der Waals surface area contributed by atoms with Gasteiger partial charge in [0.25, 0.3) is 0 Å². The molecule has 2 rings (SSSR count). The minimum Gasteiger partial charge on any atom is -0.392 e. The van der Waals surface area contributed by atoms with E-state index in [9.17, 15) is 5.11 Å². The monoisotopic (exact) mass is 254 g/mol. The Morgan fingerprint density at radius 3 is 2.82 bits per heavy atom. The fourth-order valence-corrected chi connectivity index (χ4v) is 2.52. The van der Waals surface area contributed by atoms with Gasteiger partial charge in [-0.2, -0.15) is 0 Å². The van der Waals surface area contributed by atoms with Gasteiger partial charge in [-0.1, -0.05) is 17.7 Å². The predicted molar refractivity (Wildman–Crippen MR) is 71.7 cm³/mol. The van der Waals surface area contributed by atoms with Crippen molar-refractivity contribution in [2.45, 2.75) is 13.0 Å². The molecule has 0 aromatic heterocycles. The van der Waals surface area contributed by atoms with E-state index in [1.807, 2.05) is 18.2 Å². The molecular weight excluding hydrogens is 236 g/mol. The Balaban J connectivity index is 2.23. The van der Waals surface area contributed by atoms with E-state index in [-0.39, 0.29) is 6.61 Å². The van der Waals surface area contributed by atoms with Gasteiger partial charge >= 0.3 is 0 Å². The molecule has 1 aliphatic rings. The van der Waals surface area contributed by atoms with Crippen molar-refractivity contribution in [3.8, 4) is 0 Å². The predicted octanol–water partition coefficient (Wildman–Crippen LogP) is 1.97. The number of aliphatic hydroxyl groups is 1. The molecule has 3 nitrogen and oxygen atoms in total. The van der Waals surface area contributed by atoms with Crippen molar-refractivity contribution in [1.82, 2.24) is 4.90 Å². The van der Waals surface area contributed by atoms with Crippen molar-refractivity contribution < 1.29 is 5.11 Å². The van der Waals surface area contributed by atoms with Crippen molar-refractivity contribution in [2.24, 2.45) is 0 Å². The third-order valence-electron chi connectivity index (χ3n) is 3.31. The first-order valence-corrected chi connectivity index (χ1v) is 6.42. The van der Waals surface area contributed by atoms with Crippen LogP contribution < -0.4 is 4.90 Å². The van der Waals surface area contributed by atoms with Gasteiger partial charge in [-0.15, -0.1) is 0 Å². The second-order valence-electron chi connectivity index (χ2n) is 4.54. The molecule has 1 aromatic rings. The Hall–Kier alpha value is -0.770. The summed E-state index contributed by atoms with van der Waals surface area (Å²) in [5, 5.41) is 10.1. The fourth-order valence-electron chi connectivity index (χ4n) is 2.29. The zero-order valence-corrected chi connectivity index (χ0v) is 11.0. The molecule has 17 heavy (non-hydrogen) atoms. The molecule has 94 valence electrons. The third-order valence-corrected chi connectivity index (χ3v) is 3.67. The molecule has 0 aliphatic carbocycles. The lowest BCUT2D eigenvalue weighted by atomic mass is 10.1. The topological polar surface area (TPSA) is 26.7 Å². The van der Waals surface area contributed by atoms with Crippen LogP contribution in [0.3, 0.4) is 0 Å². The van der Waals surface area contributed by atoms with Crippen LogP contribution in [0.1, 0.15) is 12.0 Å². The number of aliphatic hydroxyl groups excluding tert-OH is 1. The summed E-state index contributed by atoms with van der Waals surface area (Å²) in [6.07, 6.45) is 1.15. The van der Waals surface area contributed by atoms with Gasteiger partial charge in [0.05, 0.1) is 6.61 Å². The molecule has 0 atom stereocenters. The molecule has 0 bridgehead atoms. The van der Waals surface area contributed by atoms with Crippen LogP contribution in [0, 0.1) is 0 Å². The molecule has 1 aromatic carbocycles. The number of anilines is 1. The molecule has 1 aliphatic heterocycles. The van der Waals surface area contributed by atoms with E-state index in [0.717, 1.165) is 43.9 Å². The Bertz CT molecular complexity index is 384. The van der Waals surface area contributed by atoms with Gasteiger partial charge in [0.2, 0.25) is 0 Å². The minimum absolute atomic E-state index is 0.00134. The number of hydrogen-bond donors (Lipinski definition) is 1. The van der Waals surface area contributed by atoms with Crippen molar-refractivity contribution in [1.29, 1.82) is 0 Å². The van der Waals surface area contributed by atoms with Crippen molar-refractivity contribution in [2.75, 3.05) is 38.1 Å². The van der Waals surface area contributed by atoms with E-state index in [2.05, 4.69) is 16.8 Å². The van der Waals surface area contributed by atoms with Crippen LogP contribution in [0.2, 0.25) is 5.02 Å². The highest BCUT2D eigenvalue weighted by Gasteiger charge is 2.16. The smallest absolute Gasteiger partial charge is 0.0716 e. The summed E-state index contributed by atoms with van der Waals surface area (Å²) in [4.78, 5) is 4.66. The summed E-state index contributed by atoms with van der Waals surface area (Å²) in [6.45, 7) is 4.20. The van der Waals surface area contributed by atoms with Gasteiger partial charge in [0, 0.05) is 35.9 Å². The fraction of sp³-hybridized carbons (Fsp3) is 0.538. The number of halogens is 1. The Morgan fingerprint density at radius 1 is 1.24 bits per heavy atom. The van der Waals surface area contributed by atoms with E-state index in [4.69, 9.17) is 11.6 Å². The summed E-state index contributed by atoms with van der Waals surface area (Å²) in [6, 6.07) is 5.83. The number of rotatable bonds is 2. The van der Waals surface area contributed by atoms with E-state index in [0.29, 0.717) is 5.02 Å². The molecule has 0 spiro atoms. The maximum Gasteiger partial charge on any atom is 0.0716 e. The minimum atomic E-state index is 0.00134. The Morgan fingerprint density at radius 2 is 2.06 bits per heavy atom. The maximum absolute atomic E-state index is 9.43. The van der Waals surface area contributed by atoms with Crippen LogP contribution in [0.4, 0.5) is 5.69 Å². The second kappa shape index (κ2) is 5.71. The average molecular weight is 255 g/mol. The SMILES string of the molecule is CN1CCCN(c2cccc(Cl)c2CO)CC1. The first-order chi connectivity index (χ1) is 8.22. The van der Waals surface area contributed by atoms with Crippen LogP contribution >= 0.6 is 11.6 Å². The van der Waals surface area contributed by atoms with Crippen molar-refractivity contribution >= 4 is 17.3 Å². The molecule has 1 fully saturated rings. The van der Waals surface area contributed by atoms with Gasteiger partial charge in [-0.25, -0.2) is 0 Å². The Kier molecular flexibility index (Phi) is 4.26. The molecule has 0 radical (unpaired) electrons. The van der Waals surface area contributed by atoms with Gasteiger partial charge in [-0.05, 0) is 32.1 Å². The number of nitrogens with zero attached hydrogens (tertiary/aromatic N) is 2. The van der Waals surface area contributed by atoms with E-state index in [1.165, 1.54) is 0 Å². The van der Waals surface area contributed by atoms with Gasteiger partial charge in [0.1, 0.15) is 0 Å². The number of likely N-dealkylation sites (N-methyl/N-ethyl adjacent to an activating group) is 1. The largest absolute Gasteiger partial charge is 0.392 e. The van der Waals surface area contributed by atoms with Crippen LogP contribution in [-0.4, -0.2) is 43.2 Å². The van der Waals surface area contributed by atoms with Gasteiger partial charge in [0.15, 0.2) is 0 Å². The van der Waals surface area contributed by atoms with Crippen LogP contribution in [0.25, 0.3) is 0 Å². The molecule has 0 unspecified atom stereocenters. The van der Waals surface area contributed by atoms with Crippen LogP contribution in [-0.2, 0) is 6.61 Å². The molecule has 1 N–H and O–H groups in total. The van der Waals surface area contributed by atoms with Crippen molar-refractivity contribution in [3.05, 3.63) is 28.8 Å². The summed E-state index contributed by atoms with van der Waals surface area (Å²) in [5.74, 6) is 0. The van der Waals surface area contributed by atoms with Gasteiger partial charge < -0.3 is 14.9 Å². The zero-order chi connectivity index (χ0) is 12.3. The third kappa shape index (κ3) is 2.92. The maximum atomic E-state index is 9.43. The highest BCUT2D eigenvalue weighted by Crippen LogP contribution is 2.28. The summed E-state index contributed by atoms with van der Waals surface area (Å²) in [5.41, 5.74) is 1.93. The molecule has 1 heterocycles. The average Bonchev–Trinajstić information content (AvgIpc) is 2.54.